The Balaban J connectivity index is 2.05. The molecule has 154 valence electrons. The van der Waals surface area contributed by atoms with E-state index >= 15 is 0 Å². The van der Waals surface area contributed by atoms with Crippen molar-refractivity contribution in [1.82, 2.24) is 10.2 Å². The topological polar surface area (TPSA) is 94.2 Å². The summed E-state index contributed by atoms with van der Waals surface area (Å²) in [5, 5.41) is 2.48. The summed E-state index contributed by atoms with van der Waals surface area (Å²) in [6, 6.07) is 13.3. The van der Waals surface area contributed by atoms with Crippen LogP contribution in [0.1, 0.15) is 22.0 Å². The van der Waals surface area contributed by atoms with Gasteiger partial charge in [0.2, 0.25) is 6.10 Å². The Kier molecular flexibility index (Phi) is 7.59. The Morgan fingerprint density at radius 3 is 2.07 bits per heavy atom. The molecule has 8 heteroatoms. The monoisotopic (exact) mass is 400 g/mol. The average Bonchev–Trinajstić information content (AvgIpc) is 2.75. The number of carbonyl (C=O) groups is 3. The molecule has 0 unspecified atom stereocenters. The van der Waals surface area contributed by atoms with Crippen LogP contribution in [0.25, 0.3) is 0 Å². The number of methoxy groups -OCH3 is 2. The van der Waals surface area contributed by atoms with Crippen LogP contribution >= 0.6 is 0 Å². The molecule has 2 aromatic rings. The first-order valence-corrected chi connectivity index (χ1v) is 8.82. The van der Waals surface area contributed by atoms with Crippen LogP contribution in [0.2, 0.25) is 0 Å². The molecule has 1 atom stereocenters. The number of hydrogen-bond acceptors (Lipinski definition) is 6. The molecule has 0 fully saturated rings. The van der Waals surface area contributed by atoms with Crippen LogP contribution in [0.15, 0.2) is 48.5 Å². The Labute approximate surface area is 169 Å². The summed E-state index contributed by atoms with van der Waals surface area (Å²) in [6.07, 6.45) is -1.09. The fraction of sp³-hybridized carbons (Fsp3) is 0.286. The predicted molar refractivity (Wildman–Crippen MR) is 106 cm³/mol. The first-order chi connectivity index (χ1) is 13.8. The summed E-state index contributed by atoms with van der Waals surface area (Å²) in [5.74, 6) is -0.740. The zero-order chi connectivity index (χ0) is 21.4. The molecule has 0 heterocycles. The molecule has 0 saturated carbocycles. The van der Waals surface area contributed by atoms with Gasteiger partial charge in [-0.1, -0.05) is 30.3 Å². The molecule has 1 N–H and O–H groups in total. The van der Waals surface area contributed by atoms with Gasteiger partial charge in [-0.25, -0.2) is 0 Å². The van der Waals surface area contributed by atoms with Crippen molar-refractivity contribution in [2.24, 2.45) is 0 Å². The van der Waals surface area contributed by atoms with Crippen LogP contribution in [-0.2, 0) is 14.3 Å². The number of carbonyl (C=O) groups excluding carboxylic acids is 3. The van der Waals surface area contributed by atoms with Gasteiger partial charge in [0.1, 0.15) is 18.0 Å². The van der Waals surface area contributed by atoms with Gasteiger partial charge in [-0.3, -0.25) is 14.4 Å². The molecular weight excluding hydrogens is 376 g/mol. The molecule has 0 aliphatic heterocycles. The number of benzene rings is 2. The van der Waals surface area contributed by atoms with E-state index in [1.807, 2.05) is 0 Å². The molecule has 2 rings (SSSR count). The van der Waals surface area contributed by atoms with Gasteiger partial charge >= 0.3 is 5.97 Å². The molecule has 8 nitrogen and oxygen atoms in total. The van der Waals surface area contributed by atoms with Gasteiger partial charge in [0.15, 0.2) is 0 Å². The molecular formula is C21H24N2O6. The van der Waals surface area contributed by atoms with Crippen molar-refractivity contribution in [3.8, 4) is 11.5 Å². The Morgan fingerprint density at radius 1 is 0.966 bits per heavy atom. The molecule has 0 bridgehead atoms. The van der Waals surface area contributed by atoms with Crippen molar-refractivity contribution in [3.05, 3.63) is 59.7 Å². The molecule has 0 radical (unpaired) electrons. The minimum Gasteiger partial charge on any atom is -0.497 e. The average molecular weight is 400 g/mol. The van der Waals surface area contributed by atoms with Gasteiger partial charge in [-0.05, 0) is 12.1 Å². The minimum atomic E-state index is -1.09. The molecule has 2 amide bonds. The van der Waals surface area contributed by atoms with E-state index < -0.39 is 24.5 Å². The first-order valence-electron chi connectivity index (χ1n) is 8.82. The molecule has 29 heavy (non-hydrogen) atoms. The Bertz CT molecular complexity index is 844. The highest BCUT2D eigenvalue weighted by molar-refractivity contribution is 5.97. The number of esters is 1. The van der Waals surface area contributed by atoms with Crippen molar-refractivity contribution in [2.75, 3.05) is 34.9 Å². The van der Waals surface area contributed by atoms with E-state index in [-0.39, 0.29) is 11.5 Å². The van der Waals surface area contributed by atoms with Crippen LogP contribution in [0.5, 0.6) is 11.5 Å². The maximum absolute atomic E-state index is 12.4. The van der Waals surface area contributed by atoms with Crippen molar-refractivity contribution in [1.29, 1.82) is 0 Å². The highest BCUT2D eigenvalue weighted by Crippen LogP contribution is 2.22. The van der Waals surface area contributed by atoms with Gasteiger partial charge < -0.3 is 24.4 Å². The fourth-order valence-electron chi connectivity index (χ4n) is 2.49. The lowest BCUT2D eigenvalue weighted by molar-refractivity contribution is -0.158. The second-order valence-corrected chi connectivity index (χ2v) is 6.30. The SMILES string of the molecule is COc1cc(OC)cc(C(=O)NCC(=O)O[C@H](C(=O)N(C)C)c2ccccc2)c1. The number of hydrogen-bond donors (Lipinski definition) is 1. The number of nitrogens with zero attached hydrogens (tertiary/aromatic N) is 1. The highest BCUT2D eigenvalue weighted by Gasteiger charge is 2.26. The third-order valence-electron chi connectivity index (χ3n) is 4.02. The number of likely N-dealkylation sites (N-methyl/N-ethyl adjacent to an activating group) is 1. The van der Waals surface area contributed by atoms with Gasteiger partial charge in [-0.15, -0.1) is 0 Å². The van der Waals surface area contributed by atoms with Crippen LogP contribution in [0, 0.1) is 0 Å². The highest BCUT2D eigenvalue weighted by atomic mass is 16.5. The second-order valence-electron chi connectivity index (χ2n) is 6.30. The molecule has 0 aliphatic rings. The van der Waals surface area contributed by atoms with E-state index in [0.717, 1.165) is 0 Å². The summed E-state index contributed by atoms with van der Waals surface area (Å²) in [6.45, 7) is -0.400. The summed E-state index contributed by atoms with van der Waals surface area (Å²) >= 11 is 0. The zero-order valence-corrected chi connectivity index (χ0v) is 16.8. The van der Waals surface area contributed by atoms with Gasteiger partial charge in [0, 0.05) is 31.3 Å². The van der Waals surface area contributed by atoms with E-state index in [0.29, 0.717) is 17.1 Å². The second kappa shape index (κ2) is 10.1. The van der Waals surface area contributed by atoms with E-state index in [9.17, 15) is 14.4 Å². The number of rotatable bonds is 8. The van der Waals surface area contributed by atoms with Crippen molar-refractivity contribution in [2.45, 2.75) is 6.10 Å². The minimum absolute atomic E-state index is 0.262. The summed E-state index contributed by atoms with van der Waals surface area (Å²) in [4.78, 5) is 38.4. The maximum atomic E-state index is 12.4. The molecule has 0 saturated heterocycles. The Hall–Kier alpha value is -3.55. The van der Waals surface area contributed by atoms with Crippen molar-refractivity contribution >= 4 is 17.8 Å². The predicted octanol–water partition coefficient (Wildman–Crippen LogP) is 1.81. The van der Waals surface area contributed by atoms with Crippen LogP contribution in [-0.4, -0.2) is 57.5 Å². The molecule has 2 aromatic carbocycles. The van der Waals surface area contributed by atoms with Crippen LogP contribution in [0.4, 0.5) is 0 Å². The smallest absolute Gasteiger partial charge is 0.326 e. The normalized spacial score (nSPS) is 11.2. The fourth-order valence-corrected chi connectivity index (χ4v) is 2.49. The zero-order valence-electron chi connectivity index (χ0n) is 16.8. The van der Waals surface area contributed by atoms with Crippen molar-refractivity contribution in [3.63, 3.8) is 0 Å². The number of nitrogens with one attached hydrogen (secondary N) is 1. The quantitative estimate of drug-likeness (QED) is 0.679. The maximum Gasteiger partial charge on any atom is 0.326 e. The first kappa shape index (κ1) is 21.7. The van der Waals surface area contributed by atoms with Gasteiger partial charge in [0.05, 0.1) is 14.2 Å². The van der Waals surface area contributed by atoms with Crippen LogP contribution < -0.4 is 14.8 Å². The lowest BCUT2D eigenvalue weighted by Gasteiger charge is -2.21. The van der Waals surface area contributed by atoms with Crippen molar-refractivity contribution < 1.29 is 28.6 Å². The third kappa shape index (κ3) is 5.97. The molecule has 0 aliphatic carbocycles. The van der Waals surface area contributed by atoms with E-state index in [1.54, 1.807) is 50.5 Å². The summed E-state index contributed by atoms with van der Waals surface area (Å²) in [7, 11) is 6.09. The van der Waals surface area contributed by atoms with E-state index in [1.165, 1.54) is 31.3 Å². The lowest BCUT2D eigenvalue weighted by atomic mass is 10.1. The van der Waals surface area contributed by atoms with E-state index in [4.69, 9.17) is 14.2 Å². The molecule has 0 aromatic heterocycles. The van der Waals surface area contributed by atoms with Gasteiger partial charge in [-0.2, -0.15) is 0 Å². The van der Waals surface area contributed by atoms with E-state index in [2.05, 4.69) is 5.32 Å². The lowest BCUT2D eigenvalue weighted by Crippen LogP contribution is -2.35. The third-order valence-corrected chi connectivity index (χ3v) is 4.02. The van der Waals surface area contributed by atoms with Gasteiger partial charge in [0.25, 0.3) is 11.8 Å². The Morgan fingerprint density at radius 2 is 1.55 bits per heavy atom. The molecule has 0 spiro atoms. The summed E-state index contributed by atoms with van der Waals surface area (Å²) < 4.78 is 15.6. The standard InChI is InChI=1S/C21H24N2O6/c1-23(2)21(26)19(14-8-6-5-7-9-14)29-18(24)13-22-20(25)15-10-16(27-3)12-17(11-15)28-4/h5-12,19H,13H2,1-4H3,(H,22,25)/t19-/m0/s1. The largest absolute Gasteiger partial charge is 0.497 e. The van der Waals surface area contributed by atoms with Crippen LogP contribution in [0.3, 0.4) is 0 Å². The number of ether oxygens (including phenoxy) is 3. The summed E-state index contributed by atoms with van der Waals surface area (Å²) in [5.41, 5.74) is 0.807. The number of amides is 2.